The molecule has 0 bridgehead atoms. The molecule has 1 rings (SSSR count). The summed E-state index contributed by atoms with van der Waals surface area (Å²) >= 11 is 0. The summed E-state index contributed by atoms with van der Waals surface area (Å²) in [6.07, 6.45) is 4.72. The molecule has 0 aromatic carbocycles. The van der Waals surface area contributed by atoms with E-state index in [4.69, 9.17) is 5.73 Å². The van der Waals surface area contributed by atoms with Crippen LogP contribution in [0.5, 0.6) is 0 Å². The molecule has 3 heteroatoms. The van der Waals surface area contributed by atoms with Gasteiger partial charge in [-0.3, -0.25) is 0 Å². The van der Waals surface area contributed by atoms with E-state index in [0.717, 1.165) is 23.4 Å². The Morgan fingerprint density at radius 3 is 2.67 bits per heavy atom. The molecule has 1 aromatic heterocycles. The fourth-order valence-corrected chi connectivity index (χ4v) is 1.72. The predicted octanol–water partition coefficient (Wildman–Crippen LogP) is 2.67. The van der Waals surface area contributed by atoms with Crippen molar-refractivity contribution in [3.8, 4) is 0 Å². The molecule has 0 aliphatic heterocycles. The summed E-state index contributed by atoms with van der Waals surface area (Å²) < 4.78 is 0. The molecule has 0 aliphatic carbocycles. The minimum absolute atomic E-state index is 0.116. The van der Waals surface area contributed by atoms with Crippen LogP contribution in [0, 0.1) is 13.8 Å². The SMILES string of the molecule is CCCCCC(N)c1cc(C)nnc1C. The smallest absolute Gasteiger partial charge is 0.0648 e. The highest BCUT2D eigenvalue weighted by Gasteiger charge is 2.10. The number of aryl methyl sites for hydroxylation is 2. The van der Waals surface area contributed by atoms with Crippen LogP contribution in [-0.4, -0.2) is 10.2 Å². The van der Waals surface area contributed by atoms with Crippen molar-refractivity contribution < 1.29 is 0 Å². The van der Waals surface area contributed by atoms with E-state index < -0.39 is 0 Å². The van der Waals surface area contributed by atoms with Crippen molar-refractivity contribution in [2.45, 2.75) is 52.5 Å². The molecule has 1 heterocycles. The van der Waals surface area contributed by atoms with Crippen molar-refractivity contribution in [1.82, 2.24) is 10.2 Å². The van der Waals surface area contributed by atoms with Gasteiger partial charge in [0.1, 0.15) is 0 Å². The molecule has 0 saturated carbocycles. The van der Waals surface area contributed by atoms with Crippen LogP contribution >= 0.6 is 0 Å². The number of unbranched alkanes of at least 4 members (excludes halogenated alkanes) is 2. The minimum atomic E-state index is 0.116. The van der Waals surface area contributed by atoms with E-state index in [1.807, 2.05) is 13.8 Å². The first kappa shape index (κ1) is 12.1. The molecule has 15 heavy (non-hydrogen) atoms. The van der Waals surface area contributed by atoms with Crippen LogP contribution in [0.2, 0.25) is 0 Å². The van der Waals surface area contributed by atoms with Crippen molar-refractivity contribution in [2.75, 3.05) is 0 Å². The van der Waals surface area contributed by atoms with Crippen molar-refractivity contribution in [3.05, 3.63) is 23.0 Å². The minimum Gasteiger partial charge on any atom is -0.324 e. The van der Waals surface area contributed by atoms with Gasteiger partial charge < -0.3 is 5.73 Å². The van der Waals surface area contributed by atoms with Gasteiger partial charge in [0.2, 0.25) is 0 Å². The molecule has 0 radical (unpaired) electrons. The van der Waals surface area contributed by atoms with Crippen LogP contribution in [0.3, 0.4) is 0 Å². The van der Waals surface area contributed by atoms with Gasteiger partial charge in [-0.2, -0.15) is 10.2 Å². The molecular weight excluding hydrogens is 186 g/mol. The third kappa shape index (κ3) is 3.59. The summed E-state index contributed by atoms with van der Waals surface area (Å²) in [5.41, 5.74) is 9.20. The quantitative estimate of drug-likeness (QED) is 0.755. The maximum atomic E-state index is 6.14. The fraction of sp³-hybridized carbons (Fsp3) is 0.667. The van der Waals surface area contributed by atoms with Gasteiger partial charge in [0.15, 0.2) is 0 Å². The Kier molecular flexibility index (Phi) is 4.69. The second kappa shape index (κ2) is 5.81. The number of nitrogens with zero attached hydrogens (tertiary/aromatic N) is 2. The van der Waals surface area contributed by atoms with E-state index in [-0.39, 0.29) is 6.04 Å². The van der Waals surface area contributed by atoms with Crippen molar-refractivity contribution in [3.63, 3.8) is 0 Å². The Labute approximate surface area is 92.1 Å². The van der Waals surface area contributed by atoms with Gasteiger partial charge in [0.05, 0.1) is 11.4 Å². The van der Waals surface area contributed by atoms with Gasteiger partial charge >= 0.3 is 0 Å². The Balaban J connectivity index is 2.64. The molecule has 0 saturated heterocycles. The van der Waals surface area contributed by atoms with Crippen LogP contribution in [0.25, 0.3) is 0 Å². The number of hydrogen-bond acceptors (Lipinski definition) is 3. The Bertz CT molecular complexity index is 310. The molecule has 0 aliphatic rings. The second-order valence-electron chi connectivity index (χ2n) is 4.13. The second-order valence-corrected chi connectivity index (χ2v) is 4.13. The molecule has 84 valence electrons. The largest absolute Gasteiger partial charge is 0.324 e. The lowest BCUT2D eigenvalue weighted by atomic mass is 10.0. The van der Waals surface area contributed by atoms with Crippen LogP contribution in [-0.2, 0) is 0 Å². The monoisotopic (exact) mass is 207 g/mol. The van der Waals surface area contributed by atoms with Crippen LogP contribution in [0.15, 0.2) is 6.07 Å². The summed E-state index contributed by atoms with van der Waals surface area (Å²) in [6.45, 7) is 6.13. The van der Waals surface area contributed by atoms with E-state index >= 15 is 0 Å². The molecule has 0 amide bonds. The number of rotatable bonds is 5. The molecule has 0 fully saturated rings. The summed E-state index contributed by atoms with van der Waals surface area (Å²) in [6, 6.07) is 2.17. The number of aromatic nitrogens is 2. The third-order valence-electron chi connectivity index (χ3n) is 2.66. The van der Waals surface area contributed by atoms with E-state index in [2.05, 4.69) is 23.2 Å². The fourth-order valence-electron chi connectivity index (χ4n) is 1.72. The number of hydrogen-bond donors (Lipinski definition) is 1. The lowest BCUT2D eigenvalue weighted by Crippen LogP contribution is -2.13. The zero-order chi connectivity index (χ0) is 11.3. The summed E-state index contributed by atoms with van der Waals surface area (Å²) in [4.78, 5) is 0. The molecule has 3 nitrogen and oxygen atoms in total. The first-order valence-corrected chi connectivity index (χ1v) is 5.71. The first-order chi connectivity index (χ1) is 7.15. The van der Waals surface area contributed by atoms with E-state index in [1.54, 1.807) is 0 Å². The average molecular weight is 207 g/mol. The number of nitrogens with two attached hydrogens (primary N) is 1. The lowest BCUT2D eigenvalue weighted by Gasteiger charge is -2.13. The maximum Gasteiger partial charge on any atom is 0.0648 e. The van der Waals surface area contributed by atoms with Gasteiger partial charge in [-0.15, -0.1) is 0 Å². The zero-order valence-corrected chi connectivity index (χ0v) is 9.95. The highest BCUT2D eigenvalue weighted by Crippen LogP contribution is 2.19. The van der Waals surface area contributed by atoms with Crippen LogP contribution < -0.4 is 5.73 Å². The molecule has 0 spiro atoms. The van der Waals surface area contributed by atoms with Gasteiger partial charge in [-0.1, -0.05) is 26.2 Å². The van der Waals surface area contributed by atoms with Gasteiger partial charge in [0, 0.05) is 6.04 Å². The Morgan fingerprint density at radius 2 is 2.00 bits per heavy atom. The molecule has 1 aromatic rings. The third-order valence-corrected chi connectivity index (χ3v) is 2.66. The first-order valence-electron chi connectivity index (χ1n) is 5.71. The molecule has 1 atom stereocenters. The van der Waals surface area contributed by atoms with Crippen LogP contribution in [0.4, 0.5) is 0 Å². The topological polar surface area (TPSA) is 51.8 Å². The van der Waals surface area contributed by atoms with E-state index in [0.29, 0.717) is 0 Å². The summed E-state index contributed by atoms with van der Waals surface area (Å²) in [5, 5.41) is 8.11. The lowest BCUT2D eigenvalue weighted by molar-refractivity contribution is 0.575. The summed E-state index contributed by atoms with van der Waals surface area (Å²) in [5.74, 6) is 0. The normalized spacial score (nSPS) is 12.8. The average Bonchev–Trinajstić information content (AvgIpc) is 2.22. The predicted molar refractivity (Wildman–Crippen MR) is 62.6 cm³/mol. The maximum absolute atomic E-state index is 6.14. The summed E-state index contributed by atoms with van der Waals surface area (Å²) in [7, 11) is 0. The van der Waals surface area contributed by atoms with Gasteiger partial charge in [0.25, 0.3) is 0 Å². The molecule has 1 unspecified atom stereocenters. The van der Waals surface area contributed by atoms with Gasteiger partial charge in [-0.05, 0) is 31.9 Å². The van der Waals surface area contributed by atoms with Crippen molar-refractivity contribution in [1.29, 1.82) is 0 Å². The zero-order valence-electron chi connectivity index (χ0n) is 9.95. The standard InChI is InChI=1S/C12H21N3/c1-4-5-6-7-12(13)11-8-9(2)14-15-10(11)3/h8,12H,4-7,13H2,1-3H3. The van der Waals surface area contributed by atoms with Crippen LogP contribution in [0.1, 0.15) is 55.6 Å². The highest BCUT2D eigenvalue weighted by atomic mass is 15.1. The van der Waals surface area contributed by atoms with Crippen molar-refractivity contribution >= 4 is 0 Å². The Hall–Kier alpha value is -0.960. The van der Waals surface area contributed by atoms with E-state index in [9.17, 15) is 0 Å². The van der Waals surface area contributed by atoms with Crippen molar-refractivity contribution in [2.24, 2.45) is 5.73 Å². The highest BCUT2D eigenvalue weighted by molar-refractivity contribution is 5.23. The Morgan fingerprint density at radius 1 is 1.27 bits per heavy atom. The van der Waals surface area contributed by atoms with Gasteiger partial charge in [-0.25, -0.2) is 0 Å². The molecule has 2 N–H and O–H groups in total. The van der Waals surface area contributed by atoms with E-state index in [1.165, 1.54) is 19.3 Å². The molecular formula is C12H21N3.